The van der Waals surface area contributed by atoms with Crippen LogP contribution in [0, 0.1) is 6.92 Å². The lowest BCUT2D eigenvalue weighted by Crippen LogP contribution is -2.26. The quantitative estimate of drug-likeness (QED) is 0.334. The number of amides is 1. The van der Waals surface area contributed by atoms with Gasteiger partial charge in [-0.05, 0) is 72.5 Å². The molecule has 1 amide bonds. The van der Waals surface area contributed by atoms with Crippen molar-refractivity contribution >= 4 is 48.7 Å². The van der Waals surface area contributed by atoms with E-state index in [4.69, 9.17) is 14.2 Å². The van der Waals surface area contributed by atoms with E-state index in [9.17, 15) is 13.2 Å². The second-order valence-electron chi connectivity index (χ2n) is 7.96. The Morgan fingerprint density at radius 2 is 1.64 bits per heavy atom. The van der Waals surface area contributed by atoms with Crippen LogP contribution in [0.3, 0.4) is 0 Å². The number of anilines is 2. The third-order valence-corrected chi connectivity index (χ3v) is 8.67. The number of hydrogen-bond acceptors (Lipinski definition) is 7. The molecule has 0 saturated carbocycles. The van der Waals surface area contributed by atoms with Gasteiger partial charge < -0.3 is 19.5 Å². The molecule has 1 heterocycles. The van der Waals surface area contributed by atoms with Crippen molar-refractivity contribution in [3.05, 3.63) is 71.1 Å². The second-order valence-corrected chi connectivity index (χ2v) is 11.0. The third-order valence-electron chi connectivity index (χ3n) is 5.77. The van der Waals surface area contributed by atoms with Crippen molar-refractivity contribution in [1.29, 1.82) is 0 Å². The SMILES string of the molecule is COc1ccc(NC(=O)c2cc3cc(N(C)S(=O)(=O)c4ccc(OC)c(C)c4)ccc3s2)c(OC)c1. The van der Waals surface area contributed by atoms with Gasteiger partial charge in [0.25, 0.3) is 15.9 Å². The number of methoxy groups -OCH3 is 3. The lowest BCUT2D eigenvalue weighted by Gasteiger charge is -2.20. The summed E-state index contributed by atoms with van der Waals surface area (Å²) in [6.07, 6.45) is 0. The summed E-state index contributed by atoms with van der Waals surface area (Å²) in [6, 6.07) is 16.9. The molecule has 3 aromatic carbocycles. The van der Waals surface area contributed by atoms with E-state index < -0.39 is 10.0 Å². The molecule has 0 unspecified atom stereocenters. The van der Waals surface area contributed by atoms with Crippen LogP contribution in [-0.4, -0.2) is 42.7 Å². The van der Waals surface area contributed by atoms with Crippen molar-refractivity contribution in [2.45, 2.75) is 11.8 Å². The summed E-state index contributed by atoms with van der Waals surface area (Å²) >= 11 is 1.32. The fraction of sp³-hybridized carbons (Fsp3) is 0.192. The number of benzene rings is 3. The maximum absolute atomic E-state index is 13.2. The first-order valence-electron chi connectivity index (χ1n) is 10.9. The molecule has 0 saturated heterocycles. The highest BCUT2D eigenvalue weighted by atomic mass is 32.2. The van der Waals surface area contributed by atoms with Crippen LogP contribution in [0.4, 0.5) is 11.4 Å². The number of carbonyl (C=O) groups is 1. The molecule has 1 N–H and O–H groups in total. The molecular weight excluding hydrogens is 500 g/mol. The minimum absolute atomic E-state index is 0.169. The molecule has 36 heavy (non-hydrogen) atoms. The van der Waals surface area contributed by atoms with Crippen LogP contribution in [0.2, 0.25) is 0 Å². The van der Waals surface area contributed by atoms with Gasteiger partial charge in [-0.1, -0.05) is 0 Å². The summed E-state index contributed by atoms with van der Waals surface area (Å²) in [5.41, 5.74) is 1.73. The van der Waals surface area contributed by atoms with E-state index in [0.717, 1.165) is 15.6 Å². The highest BCUT2D eigenvalue weighted by Crippen LogP contribution is 2.34. The zero-order valence-corrected chi connectivity index (χ0v) is 22.1. The van der Waals surface area contributed by atoms with Crippen molar-refractivity contribution in [3.63, 3.8) is 0 Å². The molecule has 8 nitrogen and oxygen atoms in total. The maximum atomic E-state index is 13.2. The summed E-state index contributed by atoms with van der Waals surface area (Å²) in [7, 11) is 2.33. The molecule has 0 spiro atoms. The van der Waals surface area contributed by atoms with E-state index in [-0.39, 0.29) is 10.8 Å². The molecule has 0 fully saturated rings. The third kappa shape index (κ3) is 4.82. The van der Waals surface area contributed by atoms with Crippen molar-refractivity contribution in [2.75, 3.05) is 38.0 Å². The van der Waals surface area contributed by atoms with Gasteiger partial charge in [-0.3, -0.25) is 9.10 Å². The predicted octanol–water partition coefficient (Wildman–Crippen LogP) is 5.31. The molecule has 0 atom stereocenters. The van der Waals surface area contributed by atoms with E-state index in [1.165, 1.54) is 35.9 Å². The number of carbonyl (C=O) groups excluding carboxylic acids is 1. The van der Waals surface area contributed by atoms with E-state index in [0.29, 0.717) is 33.5 Å². The predicted molar refractivity (Wildman–Crippen MR) is 143 cm³/mol. The summed E-state index contributed by atoms with van der Waals surface area (Å²) in [6.45, 7) is 1.80. The summed E-state index contributed by atoms with van der Waals surface area (Å²) < 4.78 is 44.4. The van der Waals surface area contributed by atoms with Gasteiger partial charge in [0, 0.05) is 17.8 Å². The Balaban J connectivity index is 1.60. The van der Waals surface area contributed by atoms with Crippen LogP contribution in [0.15, 0.2) is 65.6 Å². The smallest absolute Gasteiger partial charge is 0.265 e. The van der Waals surface area contributed by atoms with Crippen molar-refractivity contribution in [2.24, 2.45) is 0 Å². The number of rotatable bonds is 8. The number of nitrogens with zero attached hydrogens (tertiary/aromatic N) is 1. The minimum atomic E-state index is -3.79. The number of aryl methyl sites for hydroxylation is 1. The molecule has 0 bridgehead atoms. The molecule has 188 valence electrons. The van der Waals surface area contributed by atoms with Crippen LogP contribution in [-0.2, 0) is 10.0 Å². The molecule has 4 aromatic rings. The fourth-order valence-electron chi connectivity index (χ4n) is 3.73. The van der Waals surface area contributed by atoms with Crippen molar-refractivity contribution < 1.29 is 27.4 Å². The number of hydrogen-bond donors (Lipinski definition) is 1. The van der Waals surface area contributed by atoms with Crippen LogP contribution in [0.25, 0.3) is 10.1 Å². The van der Waals surface area contributed by atoms with Crippen molar-refractivity contribution in [1.82, 2.24) is 0 Å². The lowest BCUT2D eigenvalue weighted by atomic mass is 10.2. The number of ether oxygens (including phenoxy) is 3. The van der Waals surface area contributed by atoms with Crippen LogP contribution in [0.5, 0.6) is 17.2 Å². The molecular formula is C26H26N2O6S2. The second kappa shape index (κ2) is 10.1. The number of thiophene rings is 1. The number of fused-ring (bicyclic) bond motifs is 1. The van der Waals surface area contributed by atoms with Gasteiger partial charge >= 0.3 is 0 Å². The Hall–Kier alpha value is -3.76. The molecule has 10 heteroatoms. The monoisotopic (exact) mass is 526 g/mol. The normalized spacial score (nSPS) is 11.2. The van der Waals surface area contributed by atoms with Gasteiger partial charge in [-0.15, -0.1) is 11.3 Å². The van der Waals surface area contributed by atoms with E-state index in [1.807, 2.05) is 6.07 Å². The van der Waals surface area contributed by atoms with Gasteiger partial charge in [0.1, 0.15) is 17.2 Å². The highest BCUT2D eigenvalue weighted by Gasteiger charge is 2.23. The number of nitrogens with one attached hydrogen (secondary N) is 1. The zero-order valence-electron chi connectivity index (χ0n) is 20.5. The topological polar surface area (TPSA) is 94.2 Å². The Labute approximate surface area is 214 Å². The Bertz CT molecular complexity index is 1550. The Morgan fingerprint density at radius 3 is 2.31 bits per heavy atom. The highest BCUT2D eigenvalue weighted by molar-refractivity contribution is 7.92. The van der Waals surface area contributed by atoms with Gasteiger partial charge in [-0.25, -0.2) is 8.42 Å². The van der Waals surface area contributed by atoms with Gasteiger partial charge in [0.2, 0.25) is 0 Å². The van der Waals surface area contributed by atoms with Gasteiger partial charge in [0.05, 0.1) is 42.5 Å². The maximum Gasteiger partial charge on any atom is 0.265 e. The first kappa shape index (κ1) is 25.3. The van der Waals surface area contributed by atoms with Crippen LogP contribution in [0.1, 0.15) is 15.2 Å². The first-order chi connectivity index (χ1) is 17.2. The molecule has 0 aliphatic rings. The average molecular weight is 527 g/mol. The fourth-order valence-corrected chi connectivity index (χ4v) is 5.94. The Kier molecular flexibility index (Phi) is 7.09. The minimum Gasteiger partial charge on any atom is -0.497 e. The lowest BCUT2D eigenvalue weighted by molar-refractivity contribution is 0.103. The molecule has 1 aromatic heterocycles. The summed E-state index contributed by atoms with van der Waals surface area (Å²) in [5.74, 6) is 1.42. The molecule has 4 rings (SSSR count). The van der Waals surface area contributed by atoms with E-state index >= 15 is 0 Å². The zero-order chi connectivity index (χ0) is 26.0. The molecule has 0 aliphatic heterocycles. The molecule has 0 radical (unpaired) electrons. The van der Waals surface area contributed by atoms with E-state index in [1.54, 1.807) is 69.7 Å². The van der Waals surface area contributed by atoms with E-state index in [2.05, 4.69) is 5.32 Å². The Morgan fingerprint density at radius 1 is 0.889 bits per heavy atom. The van der Waals surface area contributed by atoms with Crippen molar-refractivity contribution in [3.8, 4) is 17.2 Å². The van der Waals surface area contributed by atoms with Gasteiger partial charge in [-0.2, -0.15) is 0 Å². The summed E-state index contributed by atoms with van der Waals surface area (Å²) in [5, 5.41) is 3.62. The van der Waals surface area contributed by atoms with Gasteiger partial charge in [0.15, 0.2) is 0 Å². The van der Waals surface area contributed by atoms with Crippen LogP contribution < -0.4 is 23.8 Å². The summed E-state index contributed by atoms with van der Waals surface area (Å²) in [4.78, 5) is 13.6. The average Bonchev–Trinajstić information content (AvgIpc) is 3.32. The number of sulfonamides is 1. The van der Waals surface area contributed by atoms with Crippen LogP contribution >= 0.6 is 11.3 Å². The standard InChI is InChI=1S/C26H26N2O6S2/c1-16-12-20(8-10-22(16)33-4)36(30,31)28(2)18-6-11-24-17(13-18)14-25(35-24)26(29)27-21-9-7-19(32-3)15-23(21)34-5/h6-15H,1-5H3,(H,27,29). The first-order valence-corrected chi connectivity index (χ1v) is 13.1. The molecule has 0 aliphatic carbocycles. The largest absolute Gasteiger partial charge is 0.497 e.